The highest BCUT2D eigenvalue weighted by atomic mass is 127. The van der Waals surface area contributed by atoms with E-state index >= 15 is 0 Å². The zero-order valence-electron chi connectivity index (χ0n) is 15.6. The molecule has 0 aromatic heterocycles. The van der Waals surface area contributed by atoms with Crippen molar-refractivity contribution < 1.29 is 19.8 Å². The summed E-state index contributed by atoms with van der Waals surface area (Å²) in [4.78, 5) is 28.3. The van der Waals surface area contributed by atoms with Crippen molar-refractivity contribution in [3.63, 3.8) is 0 Å². The number of likely N-dealkylation sites (N-methyl/N-ethyl adjacent to an activating group) is 1. The summed E-state index contributed by atoms with van der Waals surface area (Å²) in [6.45, 7) is 2.45. The first kappa shape index (κ1) is 20.3. The maximum Gasteiger partial charge on any atom is 0.264 e. The van der Waals surface area contributed by atoms with Gasteiger partial charge in [0.25, 0.3) is 5.91 Å². The molecule has 2 heterocycles. The minimum Gasteiger partial charge on any atom is -0.394 e. The van der Waals surface area contributed by atoms with E-state index in [2.05, 4.69) is 22.6 Å². The van der Waals surface area contributed by atoms with Gasteiger partial charge in [0.1, 0.15) is 0 Å². The number of amides is 2. The molecule has 2 amide bonds. The Hall–Kier alpha value is -1.45. The normalized spacial score (nSPS) is 26.1. The Morgan fingerprint density at radius 1 is 1.48 bits per heavy atom. The third-order valence-corrected chi connectivity index (χ3v) is 6.32. The molecule has 27 heavy (non-hydrogen) atoms. The number of halogens is 1. The van der Waals surface area contributed by atoms with Crippen LogP contribution in [0.15, 0.2) is 30.4 Å². The van der Waals surface area contributed by atoms with Crippen molar-refractivity contribution in [2.45, 2.75) is 37.8 Å². The minimum atomic E-state index is -1.63. The van der Waals surface area contributed by atoms with E-state index < -0.39 is 11.5 Å². The Morgan fingerprint density at radius 3 is 2.93 bits per heavy atom. The number of nitrogens with zero attached hydrogens (tertiary/aromatic N) is 2. The van der Waals surface area contributed by atoms with E-state index in [1.165, 1.54) is 4.90 Å². The van der Waals surface area contributed by atoms with E-state index in [9.17, 15) is 19.8 Å². The summed E-state index contributed by atoms with van der Waals surface area (Å²) in [5, 5.41) is 20.6. The predicted molar refractivity (Wildman–Crippen MR) is 111 cm³/mol. The van der Waals surface area contributed by atoms with E-state index in [1.807, 2.05) is 18.2 Å². The molecule has 3 atom stereocenters. The Kier molecular flexibility index (Phi) is 5.93. The number of hydrogen-bond acceptors (Lipinski definition) is 4. The van der Waals surface area contributed by atoms with Crippen LogP contribution < -0.4 is 4.90 Å². The molecule has 2 aliphatic heterocycles. The second-order valence-corrected chi connectivity index (χ2v) is 8.52. The zero-order chi connectivity index (χ0) is 19.8. The number of aliphatic hydroxyl groups is 2. The number of aliphatic hydroxyl groups excluding tert-OH is 1. The number of hydrogen-bond donors (Lipinski definition) is 2. The number of likely N-dealkylation sites (tertiary alicyclic amines) is 1. The number of benzene rings is 1. The van der Waals surface area contributed by atoms with Gasteiger partial charge < -0.3 is 20.0 Å². The molecule has 0 radical (unpaired) electrons. The van der Waals surface area contributed by atoms with E-state index in [-0.39, 0.29) is 30.9 Å². The average molecular weight is 484 g/mol. The Balaban J connectivity index is 1.75. The van der Waals surface area contributed by atoms with E-state index in [0.717, 1.165) is 16.4 Å². The van der Waals surface area contributed by atoms with Crippen LogP contribution in [0.25, 0.3) is 0 Å². The van der Waals surface area contributed by atoms with Crippen LogP contribution in [0.2, 0.25) is 0 Å². The van der Waals surface area contributed by atoms with Gasteiger partial charge in [0.05, 0.1) is 18.3 Å². The van der Waals surface area contributed by atoms with Crippen molar-refractivity contribution in [3.8, 4) is 0 Å². The summed E-state index contributed by atoms with van der Waals surface area (Å²) in [5.74, 6) is -0.874. The molecule has 2 N–H and O–H groups in total. The maximum absolute atomic E-state index is 12.8. The molecule has 0 bridgehead atoms. The van der Waals surface area contributed by atoms with Gasteiger partial charge in [-0.1, -0.05) is 19.1 Å². The van der Waals surface area contributed by atoms with E-state index in [1.54, 1.807) is 31.0 Å². The molecule has 1 aromatic carbocycles. The van der Waals surface area contributed by atoms with Gasteiger partial charge in [0.15, 0.2) is 5.60 Å². The molecule has 6 nitrogen and oxygen atoms in total. The molecule has 7 heteroatoms. The minimum absolute atomic E-state index is 0.0120. The largest absolute Gasteiger partial charge is 0.394 e. The fourth-order valence-corrected chi connectivity index (χ4v) is 4.50. The van der Waals surface area contributed by atoms with Crippen molar-refractivity contribution >= 4 is 40.1 Å². The van der Waals surface area contributed by atoms with Crippen LogP contribution in [0.5, 0.6) is 0 Å². The van der Waals surface area contributed by atoms with Gasteiger partial charge in [-0.05, 0) is 53.6 Å². The van der Waals surface area contributed by atoms with Crippen molar-refractivity contribution in [3.05, 3.63) is 39.5 Å². The highest BCUT2D eigenvalue weighted by Crippen LogP contribution is 2.45. The lowest BCUT2D eigenvalue weighted by atomic mass is 9.83. The molecule has 0 aliphatic carbocycles. The summed E-state index contributed by atoms with van der Waals surface area (Å²) in [6, 6.07) is 5.49. The number of carbonyl (C=O) groups is 2. The molecular formula is C20H25IN2O4. The number of carbonyl (C=O) groups excluding carboxylic acids is 2. The third-order valence-electron chi connectivity index (χ3n) is 5.65. The highest BCUT2D eigenvalue weighted by molar-refractivity contribution is 14.1. The van der Waals surface area contributed by atoms with Crippen molar-refractivity contribution in [1.29, 1.82) is 0 Å². The van der Waals surface area contributed by atoms with E-state index in [0.29, 0.717) is 17.8 Å². The second-order valence-electron chi connectivity index (χ2n) is 7.28. The van der Waals surface area contributed by atoms with Crippen LogP contribution in [0, 0.1) is 9.49 Å². The molecule has 3 rings (SSSR count). The first-order valence-electron chi connectivity index (χ1n) is 9.18. The summed E-state index contributed by atoms with van der Waals surface area (Å²) in [5.41, 5.74) is -0.320. The third kappa shape index (κ3) is 3.52. The Labute approximate surface area is 173 Å². The van der Waals surface area contributed by atoms with Gasteiger partial charge in [-0.25, -0.2) is 0 Å². The lowest BCUT2D eigenvalue weighted by Gasteiger charge is -2.27. The Bertz CT molecular complexity index is 781. The van der Waals surface area contributed by atoms with Crippen LogP contribution in [0.3, 0.4) is 0 Å². The standard InChI is InChI=1S/C20H25IN2O4/c1-13(5-3-7-18(25)23-10-4-6-15(23)12-24)20(27)16-11-14(21)8-9-17(16)22(2)19(20)26/h3,5,8-9,11,13,15,24,27H,4,6-7,10,12H2,1-2H3/b5-3+/t13-,15-,20+/m0/s1. The lowest BCUT2D eigenvalue weighted by Crippen LogP contribution is -2.43. The van der Waals surface area contributed by atoms with Crippen molar-refractivity contribution in [2.75, 3.05) is 25.1 Å². The summed E-state index contributed by atoms with van der Waals surface area (Å²) in [7, 11) is 1.66. The quantitative estimate of drug-likeness (QED) is 0.495. The topological polar surface area (TPSA) is 81.1 Å². The molecule has 0 spiro atoms. The SMILES string of the molecule is C[C@@H](/C=C/CC(=O)N1CCC[C@H]1CO)[C@]1(O)C(=O)N(C)c2ccc(I)cc21. The molecule has 1 fully saturated rings. The van der Waals surface area contributed by atoms with Crippen LogP contribution in [0.1, 0.15) is 31.7 Å². The maximum atomic E-state index is 12.8. The van der Waals surface area contributed by atoms with Crippen LogP contribution in [0.4, 0.5) is 5.69 Å². The molecule has 1 saturated heterocycles. The van der Waals surface area contributed by atoms with Gasteiger partial charge in [0.2, 0.25) is 5.91 Å². The van der Waals surface area contributed by atoms with E-state index in [4.69, 9.17) is 0 Å². The number of rotatable bonds is 5. The summed E-state index contributed by atoms with van der Waals surface area (Å²) in [6.07, 6.45) is 5.39. The van der Waals surface area contributed by atoms with Crippen molar-refractivity contribution in [1.82, 2.24) is 4.90 Å². The van der Waals surface area contributed by atoms with Crippen LogP contribution >= 0.6 is 22.6 Å². The fourth-order valence-electron chi connectivity index (χ4n) is 4.01. The monoisotopic (exact) mass is 484 g/mol. The summed E-state index contributed by atoms with van der Waals surface area (Å²) >= 11 is 2.16. The van der Waals surface area contributed by atoms with Crippen LogP contribution in [-0.2, 0) is 15.2 Å². The lowest BCUT2D eigenvalue weighted by molar-refractivity contribution is -0.139. The van der Waals surface area contributed by atoms with Gasteiger partial charge >= 0.3 is 0 Å². The van der Waals surface area contributed by atoms with Gasteiger partial charge in [-0.3, -0.25) is 9.59 Å². The smallest absolute Gasteiger partial charge is 0.264 e. The fraction of sp³-hybridized carbons (Fsp3) is 0.500. The van der Waals surface area contributed by atoms with Gasteiger partial charge in [0, 0.05) is 35.1 Å². The molecule has 0 unspecified atom stereocenters. The number of fused-ring (bicyclic) bond motifs is 1. The summed E-state index contributed by atoms with van der Waals surface area (Å²) < 4.78 is 0.948. The average Bonchev–Trinajstić information content (AvgIpc) is 3.20. The predicted octanol–water partition coefficient (Wildman–Crippen LogP) is 2.02. The molecule has 146 valence electrons. The first-order valence-corrected chi connectivity index (χ1v) is 10.3. The first-order chi connectivity index (χ1) is 12.8. The molecule has 1 aromatic rings. The second kappa shape index (κ2) is 7.89. The van der Waals surface area contributed by atoms with Gasteiger partial charge in [-0.2, -0.15) is 0 Å². The zero-order valence-corrected chi connectivity index (χ0v) is 17.7. The number of anilines is 1. The Morgan fingerprint density at radius 2 is 2.22 bits per heavy atom. The van der Waals surface area contributed by atoms with Crippen molar-refractivity contribution in [2.24, 2.45) is 5.92 Å². The molecule has 0 saturated carbocycles. The van der Waals surface area contributed by atoms with Crippen LogP contribution in [-0.4, -0.2) is 53.2 Å². The highest BCUT2D eigenvalue weighted by Gasteiger charge is 2.51. The molecular weight excluding hydrogens is 459 g/mol. The van der Waals surface area contributed by atoms with Gasteiger partial charge in [-0.15, -0.1) is 0 Å². The molecule has 2 aliphatic rings.